The quantitative estimate of drug-likeness (QED) is 0.629. The van der Waals surface area contributed by atoms with Crippen LogP contribution in [0.3, 0.4) is 0 Å². The van der Waals surface area contributed by atoms with Crippen LogP contribution < -0.4 is 0 Å². The third-order valence-corrected chi connectivity index (χ3v) is 4.38. The first kappa shape index (κ1) is 13.2. The molecule has 0 aliphatic rings. The molecule has 0 bridgehead atoms. The summed E-state index contributed by atoms with van der Waals surface area (Å²) in [6, 6.07) is 8.12. The number of halogens is 1. The van der Waals surface area contributed by atoms with Crippen LogP contribution in [0.2, 0.25) is 5.02 Å². The van der Waals surface area contributed by atoms with Crippen molar-refractivity contribution in [2.24, 2.45) is 0 Å². The molecule has 94 valence electrons. The fourth-order valence-corrected chi connectivity index (χ4v) is 2.68. The van der Waals surface area contributed by atoms with Crippen LogP contribution in [0.5, 0.6) is 0 Å². The Morgan fingerprint density at radius 3 is 1.44 bits per heavy atom. The van der Waals surface area contributed by atoms with E-state index in [0.717, 1.165) is 5.02 Å². The van der Waals surface area contributed by atoms with Crippen LogP contribution in [0.15, 0.2) is 24.3 Å². The fourth-order valence-electron chi connectivity index (χ4n) is 2.55. The van der Waals surface area contributed by atoms with E-state index in [9.17, 15) is 0 Å². The Labute approximate surface area is 115 Å². The highest BCUT2D eigenvalue weighted by Gasteiger charge is 2.13. The summed E-state index contributed by atoms with van der Waals surface area (Å²) in [5, 5.41) is 0.787. The summed E-state index contributed by atoms with van der Waals surface area (Å²) < 4.78 is 0. The monoisotopic (exact) mass is 258 g/mol. The highest BCUT2D eigenvalue weighted by molar-refractivity contribution is 6.30. The van der Waals surface area contributed by atoms with E-state index in [0.29, 0.717) is 0 Å². The first-order chi connectivity index (χ1) is 8.43. The summed E-state index contributed by atoms with van der Waals surface area (Å²) in [5.41, 5.74) is 9.54. The minimum absolute atomic E-state index is 0.787. The Morgan fingerprint density at radius 2 is 1.00 bits per heavy atom. The molecule has 1 heteroatoms. The van der Waals surface area contributed by atoms with Crippen molar-refractivity contribution < 1.29 is 0 Å². The minimum Gasteiger partial charge on any atom is -0.0843 e. The third kappa shape index (κ3) is 2.06. The summed E-state index contributed by atoms with van der Waals surface area (Å²) >= 11 is 5.97. The van der Waals surface area contributed by atoms with E-state index in [1.54, 1.807) is 0 Å². The molecule has 0 spiro atoms. The van der Waals surface area contributed by atoms with Gasteiger partial charge in [0.15, 0.2) is 0 Å². The van der Waals surface area contributed by atoms with Gasteiger partial charge in [-0.15, -0.1) is 0 Å². The highest BCUT2D eigenvalue weighted by Crippen LogP contribution is 2.34. The first-order valence-electron chi connectivity index (χ1n) is 6.26. The van der Waals surface area contributed by atoms with Crippen LogP contribution in [-0.4, -0.2) is 0 Å². The van der Waals surface area contributed by atoms with Crippen molar-refractivity contribution in [3.63, 3.8) is 0 Å². The lowest BCUT2D eigenvalue weighted by atomic mass is 9.86. The van der Waals surface area contributed by atoms with Crippen LogP contribution in [0.25, 0.3) is 11.1 Å². The van der Waals surface area contributed by atoms with E-state index in [-0.39, 0.29) is 0 Å². The molecular formula is C17H19Cl. The van der Waals surface area contributed by atoms with Gasteiger partial charge in [0, 0.05) is 5.02 Å². The Balaban J connectivity index is 2.75. The van der Waals surface area contributed by atoms with Crippen LogP contribution in [0.4, 0.5) is 0 Å². The van der Waals surface area contributed by atoms with Gasteiger partial charge in [-0.25, -0.2) is 0 Å². The third-order valence-electron chi connectivity index (χ3n) is 4.13. The molecule has 2 aromatic rings. The van der Waals surface area contributed by atoms with Gasteiger partial charge in [0.25, 0.3) is 0 Å². The molecule has 0 aliphatic carbocycles. The molecule has 2 rings (SSSR count). The zero-order valence-electron chi connectivity index (χ0n) is 11.7. The van der Waals surface area contributed by atoms with Crippen molar-refractivity contribution in [3.05, 3.63) is 57.1 Å². The molecule has 0 amide bonds. The maximum Gasteiger partial charge on any atom is 0.0406 e. The Bertz CT molecular complexity index is 563. The van der Waals surface area contributed by atoms with Gasteiger partial charge in [-0.2, -0.15) is 0 Å². The van der Waals surface area contributed by atoms with Gasteiger partial charge >= 0.3 is 0 Å². The molecule has 0 atom stereocenters. The van der Waals surface area contributed by atoms with Crippen molar-refractivity contribution in [2.45, 2.75) is 34.6 Å². The highest BCUT2D eigenvalue weighted by atomic mass is 35.5. The predicted octanol–water partition coefficient (Wildman–Crippen LogP) is 5.55. The second-order valence-corrected chi connectivity index (χ2v) is 5.44. The summed E-state index contributed by atoms with van der Waals surface area (Å²) in [7, 11) is 0. The number of hydrogen-bond donors (Lipinski definition) is 0. The SMILES string of the molecule is Cc1c(C)c(C)c(-c2ccc(Cl)cc2)c(C)c1C. The van der Waals surface area contributed by atoms with Crippen molar-refractivity contribution in [1.29, 1.82) is 0 Å². The lowest BCUT2D eigenvalue weighted by molar-refractivity contribution is 1.18. The van der Waals surface area contributed by atoms with Gasteiger partial charge in [-0.05, 0) is 85.7 Å². The van der Waals surface area contributed by atoms with Crippen LogP contribution in [0, 0.1) is 34.6 Å². The summed E-state index contributed by atoms with van der Waals surface area (Å²) in [5.74, 6) is 0. The van der Waals surface area contributed by atoms with Gasteiger partial charge in [0.05, 0.1) is 0 Å². The zero-order chi connectivity index (χ0) is 13.4. The second-order valence-electron chi connectivity index (χ2n) is 5.01. The van der Waals surface area contributed by atoms with Crippen molar-refractivity contribution in [2.75, 3.05) is 0 Å². The molecule has 2 aromatic carbocycles. The van der Waals surface area contributed by atoms with Gasteiger partial charge in [0.1, 0.15) is 0 Å². The molecule has 0 radical (unpaired) electrons. The number of rotatable bonds is 1. The predicted molar refractivity (Wildman–Crippen MR) is 80.6 cm³/mol. The van der Waals surface area contributed by atoms with Gasteiger partial charge < -0.3 is 0 Å². The normalized spacial score (nSPS) is 10.8. The molecule has 0 unspecified atom stereocenters. The molecule has 0 saturated carbocycles. The summed E-state index contributed by atoms with van der Waals surface area (Å²) in [6.07, 6.45) is 0. The van der Waals surface area contributed by atoms with Crippen LogP contribution >= 0.6 is 11.6 Å². The van der Waals surface area contributed by atoms with Crippen molar-refractivity contribution in [1.82, 2.24) is 0 Å². The average Bonchev–Trinajstić information content (AvgIpc) is 2.36. The molecule has 0 fully saturated rings. The van der Waals surface area contributed by atoms with Gasteiger partial charge in [-0.1, -0.05) is 23.7 Å². The van der Waals surface area contributed by atoms with E-state index < -0.39 is 0 Å². The van der Waals surface area contributed by atoms with Gasteiger partial charge in [0.2, 0.25) is 0 Å². The molecule has 18 heavy (non-hydrogen) atoms. The van der Waals surface area contributed by atoms with Crippen molar-refractivity contribution in [3.8, 4) is 11.1 Å². The Hall–Kier alpha value is -1.27. The standard InChI is InChI=1S/C17H19Cl/c1-10-11(2)13(4)17(14(5)12(10)3)15-6-8-16(18)9-7-15/h6-9H,1-5H3. The lowest BCUT2D eigenvalue weighted by Crippen LogP contribution is -1.99. The maximum absolute atomic E-state index is 5.97. The largest absolute Gasteiger partial charge is 0.0843 e. The van der Waals surface area contributed by atoms with E-state index in [4.69, 9.17) is 11.6 Å². The van der Waals surface area contributed by atoms with Crippen LogP contribution in [-0.2, 0) is 0 Å². The molecule has 0 N–H and O–H groups in total. The lowest BCUT2D eigenvalue weighted by Gasteiger charge is -2.19. The van der Waals surface area contributed by atoms with Crippen LogP contribution in [0.1, 0.15) is 27.8 Å². The fraction of sp³-hybridized carbons (Fsp3) is 0.294. The topological polar surface area (TPSA) is 0 Å². The second kappa shape index (κ2) is 4.78. The molecule has 0 nitrogen and oxygen atoms in total. The zero-order valence-corrected chi connectivity index (χ0v) is 12.4. The van der Waals surface area contributed by atoms with Crippen molar-refractivity contribution >= 4 is 11.6 Å². The first-order valence-corrected chi connectivity index (χ1v) is 6.64. The number of benzene rings is 2. The number of hydrogen-bond acceptors (Lipinski definition) is 0. The minimum atomic E-state index is 0.787. The van der Waals surface area contributed by atoms with E-state index in [1.165, 1.54) is 38.9 Å². The average molecular weight is 259 g/mol. The molecule has 0 aliphatic heterocycles. The Kier molecular flexibility index (Phi) is 3.49. The molecule has 0 aromatic heterocycles. The summed E-state index contributed by atoms with van der Waals surface area (Å²) in [4.78, 5) is 0. The molecular weight excluding hydrogens is 240 g/mol. The maximum atomic E-state index is 5.97. The molecule has 0 saturated heterocycles. The van der Waals surface area contributed by atoms with E-state index in [2.05, 4.69) is 46.8 Å². The van der Waals surface area contributed by atoms with E-state index in [1.807, 2.05) is 12.1 Å². The summed E-state index contributed by atoms with van der Waals surface area (Å²) in [6.45, 7) is 11.0. The van der Waals surface area contributed by atoms with E-state index >= 15 is 0 Å². The Morgan fingerprint density at radius 1 is 0.611 bits per heavy atom. The van der Waals surface area contributed by atoms with Gasteiger partial charge in [-0.3, -0.25) is 0 Å². The smallest absolute Gasteiger partial charge is 0.0406 e. The molecule has 0 heterocycles.